The fraction of sp³-hybridized carbons (Fsp3) is 0.462. The van der Waals surface area contributed by atoms with Gasteiger partial charge >= 0.3 is 0 Å². The van der Waals surface area contributed by atoms with Gasteiger partial charge < -0.3 is 16.4 Å². The molecule has 0 saturated heterocycles. The van der Waals surface area contributed by atoms with Crippen LogP contribution in [0.4, 0.5) is 17.1 Å². The lowest BCUT2D eigenvalue weighted by molar-refractivity contribution is -0.384. The molecule has 1 rings (SSSR count). The van der Waals surface area contributed by atoms with E-state index in [4.69, 9.17) is 5.73 Å². The van der Waals surface area contributed by atoms with Gasteiger partial charge in [-0.25, -0.2) is 0 Å². The first-order valence-corrected chi connectivity index (χ1v) is 6.33. The van der Waals surface area contributed by atoms with Gasteiger partial charge in [0.2, 0.25) is 5.91 Å². The summed E-state index contributed by atoms with van der Waals surface area (Å²) in [4.78, 5) is 21.7. The van der Waals surface area contributed by atoms with Gasteiger partial charge in [-0.1, -0.05) is 0 Å². The second-order valence-corrected chi connectivity index (χ2v) is 5.16. The Morgan fingerprint density at radius 3 is 2.30 bits per heavy atom. The quantitative estimate of drug-likeness (QED) is 0.522. The Labute approximate surface area is 117 Å². The van der Waals surface area contributed by atoms with E-state index in [1.165, 1.54) is 12.1 Å². The van der Waals surface area contributed by atoms with Gasteiger partial charge in [-0.05, 0) is 26.8 Å². The zero-order valence-electron chi connectivity index (χ0n) is 11.9. The van der Waals surface area contributed by atoms with Crippen LogP contribution in [0.2, 0.25) is 0 Å². The Morgan fingerprint density at radius 1 is 1.30 bits per heavy atom. The molecule has 0 aliphatic rings. The van der Waals surface area contributed by atoms with Crippen molar-refractivity contribution in [3.8, 4) is 0 Å². The van der Waals surface area contributed by atoms with Crippen molar-refractivity contribution in [2.24, 2.45) is 11.1 Å². The molecule has 1 aromatic carbocycles. The molecular formula is C13H20N4O3. The number of hydrogen-bond acceptors (Lipinski definition) is 5. The summed E-state index contributed by atoms with van der Waals surface area (Å²) in [6.45, 7) is 6.29. The molecule has 0 heterocycles. The number of primary amides is 1. The first-order chi connectivity index (χ1) is 9.26. The van der Waals surface area contributed by atoms with E-state index in [-0.39, 0.29) is 5.69 Å². The summed E-state index contributed by atoms with van der Waals surface area (Å²) >= 11 is 0. The molecule has 0 aliphatic carbocycles. The van der Waals surface area contributed by atoms with E-state index in [0.717, 1.165) is 0 Å². The number of anilines is 2. The standard InChI is InChI=1S/C13H20N4O3/c1-4-15-9-5-10(7-11(6-9)17(19)20)16-8-13(2,3)12(14)18/h5-7,15-16H,4,8H2,1-3H3,(H2,14,18). The van der Waals surface area contributed by atoms with Crippen LogP contribution in [0.25, 0.3) is 0 Å². The smallest absolute Gasteiger partial charge is 0.273 e. The number of rotatable bonds is 7. The van der Waals surface area contributed by atoms with E-state index in [1.807, 2.05) is 6.92 Å². The van der Waals surface area contributed by atoms with Crippen molar-refractivity contribution in [1.82, 2.24) is 0 Å². The molecule has 0 aliphatic heterocycles. The molecule has 0 spiro atoms. The molecule has 0 saturated carbocycles. The minimum Gasteiger partial charge on any atom is -0.385 e. The van der Waals surface area contributed by atoms with Gasteiger partial charge in [0.15, 0.2) is 0 Å². The number of nitro benzene ring substituents is 1. The first-order valence-electron chi connectivity index (χ1n) is 6.33. The van der Waals surface area contributed by atoms with E-state index in [1.54, 1.807) is 19.9 Å². The highest BCUT2D eigenvalue weighted by Crippen LogP contribution is 2.25. The van der Waals surface area contributed by atoms with Gasteiger partial charge in [0.05, 0.1) is 10.3 Å². The lowest BCUT2D eigenvalue weighted by atomic mass is 9.92. The number of non-ortho nitro benzene ring substituents is 1. The van der Waals surface area contributed by atoms with Crippen LogP contribution in [0.3, 0.4) is 0 Å². The summed E-state index contributed by atoms with van der Waals surface area (Å²) in [6.07, 6.45) is 0. The monoisotopic (exact) mass is 280 g/mol. The predicted molar refractivity (Wildman–Crippen MR) is 78.7 cm³/mol. The molecule has 0 unspecified atom stereocenters. The lowest BCUT2D eigenvalue weighted by Gasteiger charge is -2.21. The summed E-state index contributed by atoms with van der Waals surface area (Å²) < 4.78 is 0. The van der Waals surface area contributed by atoms with Crippen molar-refractivity contribution in [1.29, 1.82) is 0 Å². The molecule has 0 atom stereocenters. The third kappa shape index (κ3) is 4.11. The highest BCUT2D eigenvalue weighted by molar-refractivity contribution is 5.80. The van der Waals surface area contributed by atoms with Crippen LogP contribution in [0, 0.1) is 15.5 Å². The molecular weight excluding hydrogens is 260 g/mol. The maximum atomic E-state index is 11.2. The van der Waals surface area contributed by atoms with Crippen LogP contribution in [-0.2, 0) is 4.79 Å². The van der Waals surface area contributed by atoms with Crippen LogP contribution < -0.4 is 16.4 Å². The average molecular weight is 280 g/mol. The number of nitrogens with one attached hydrogen (secondary N) is 2. The van der Waals surface area contributed by atoms with E-state index < -0.39 is 16.2 Å². The molecule has 110 valence electrons. The summed E-state index contributed by atoms with van der Waals surface area (Å²) in [7, 11) is 0. The predicted octanol–water partition coefficient (Wildman–Crippen LogP) is 1.95. The van der Waals surface area contributed by atoms with Gasteiger partial charge in [0.1, 0.15) is 0 Å². The lowest BCUT2D eigenvalue weighted by Crippen LogP contribution is -2.37. The number of benzene rings is 1. The molecule has 20 heavy (non-hydrogen) atoms. The van der Waals surface area contributed by atoms with Crippen LogP contribution >= 0.6 is 0 Å². The fourth-order valence-corrected chi connectivity index (χ4v) is 1.53. The van der Waals surface area contributed by atoms with Crippen molar-refractivity contribution in [2.45, 2.75) is 20.8 Å². The van der Waals surface area contributed by atoms with Crippen molar-refractivity contribution in [2.75, 3.05) is 23.7 Å². The third-order valence-electron chi connectivity index (χ3n) is 2.91. The SMILES string of the molecule is CCNc1cc(NCC(C)(C)C(N)=O)cc([N+](=O)[O-])c1. The zero-order chi connectivity index (χ0) is 15.3. The first kappa shape index (κ1) is 15.7. The molecule has 1 aromatic rings. The van der Waals surface area contributed by atoms with Crippen molar-refractivity contribution < 1.29 is 9.72 Å². The minimum absolute atomic E-state index is 0.0113. The average Bonchev–Trinajstić information content (AvgIpc) is 2.36. The highest BCUT2D eigenvalue weighted by Gasteiger charge is 2.24. The number of carbonyl (C=O) groups excluding carboxylic acids is 1. The van der Waals surface area contributed by atoms with Gasteiger partial charge in [0.25, 0.3) is 5.69 Å². The van der Waals surface area contributed by atoms with Gasteiger partial charge in [-0.2, -0.15) is 0 Å². The number of hydrogen-bond donors (Lipinski definition) is 3. The Balaban J connectivity index is 2.94. The summed E-state index contributed by atoms with van der Waals surface area (Å²) in [5, 5.41) is 16.9. The van der Waals surface area contributed by atoms with E-state index >= 15 is 0 Å². The summed E-state index contributed by atoms with van der Waals surface area (Å²) in [6, 6.07) is 4.65. The molecule has 4 N–H and O–H groups in total. The zero-order valence-corrected chi connectivity index (χ0v) is 11.9. The normalized spacial score (nSPS) is 10.9. The van der Waals surface area contributed by atoms with Crippen molar-refractivity contribution in [3.05, 3.63) is 28.3 Å². The number of nitrogens with two attached hydrogens (primary N) is 1. The highest BCUT2D eigenvalue weighted by atomic mass is 16.6. The summed E-state index contributed by atoms with van der Waals surface area (Å²) in [5.41, 5.74) is 5.77. The number of amides is 1. The van der Waals surface area contributed by atoms with Crippen molar-refractivity contribution >= 4 is 23.0 Å². The van der Waals surface area contributed by atoms with E-state index in [0.29, 0.717) is 24.5 Å². The molecule has 0 radical (unpaired) electrons. The van der Waals surface area contributed by atoms with Crippen molar-refractivity contribution in [3.63, 3.8) is 0 Å². The Hall–Kier alpha value is -2.31. The number of nitro groups is 1. The maximum absolute atomic E-state index is 11.2. The molecule has 7 heteroatoms. The number of nitrogens with zero attached hydrogens (tertiary/aromatic N) is 1. The van der Waals surface area contributed by atoms with Gasteiger partial charge in [-0.3, -0.25) is 14.9 Å². The number of carbonyl (C=O) groups is 1. The van der Waals surface area contributed by atoms with Crippen LogP contribution in [0.1, 0.15) is 20.8 Å². The Morgan fingerprint density at radius 2 is 1.85 bits per heavy atom. The van der Waals surface area contributed by atoms with Gasteiger partial charge in [0, 0.05) is 36.6 Å². The second-order valence-electron chi connectivity index (χ2n) is 5.16. The van der Waals surface area contributed by atoms with Crippen LogP contribution in [-0.4, -0.2) is 23.9 Å². The Bertz CT molecular complexity index is 514. The second kappa shape index (κ2) is 6.23. The molecule has 0 bridgehead atoms. The third-order valence-corrected chi connectivity index (χ3v) is 2.91. The van der Waals surface area contributed by atoms with E-state index in [9.17, 15) is 14.9 Å². The molecule has 0 aromatic heterocycles. The topological polar surface area (TPSA) is 110 Å². The molecule has 7 nitrogen and oxygen atoms in total. The van der Waals surface area contributed by atoms with Crippen LogP contribution in [0.5, 0.6) is 0 Å². The maximum Gasteiger partial charge on any atom is 0.273 e. The van der Waals surface area contributed by atoms with E-state index in [2.05, 4.69) is 10.6 Å². The Kier molecular flexibility index (Phi) is 4.90. The molecule has 0 fully saturated rings. The molecule has 1 amide bonds. The van der Waals surface area contributed by atoms with Crippen LogP contribution in [0.15, 0.2) is 18.2 Å². The fourth-order valence-electron chi connectivity index (χ4n) is 1.53. The largest absolute Gasteiger partial charge is 0.385 e. The van der Waals surface area contributed by atoms with Gasteiger partial charge in [-0.15, -0.1) is 0 Å². The summed E-state index contributed by atoms with van der Waals surface area (Å²) in [5.74, 6) is -0.428. The minimum atomic E-state index is -0.733.